The van der Waals surface area contributed by atoms with Crippen molar-refractivity contribution in [1.82, 2.24) is 19.8 Å². The van der Waals surface area contributed by atoms with Crippen molar-refractivity contribution in [3.63, 3.8) is 0 Å². The lowest BCUT2D eigenvalue weighted by Gasteiger charge is -2.35. The van der Waals surface area contributed by atoms with Gasteiger partial charge in [-0.15, -0.1) is 0 Å². The summed E-state index contributed by atoms with van der Waals surface area (Å²) in [5.41, 5.74) is 3.76. The van der Waals surface area contributed by atoms with Crippen LogP contribution in [0.5, 0.6) is 0 Å². The maximum Gasteiger partial charge on any atom is 0.278 e. The number of rotatable bonds is 10. The molecule has 1 aromatic carbocycles. The molecule has 206 valence electrons. The van der Waals surface area contributed by atoms with E-state index in [0.29, 0.717) is 37.8 Å². The van der Waals surface area contributed by atoms with Gasteiger partial charge in [-0.25, -0.2) is 28.7 Å². The number of hydrogen-bond acceptors (Lipinski definition) is 8. The van der Waals surface area contributed by atoms with Crippen molar-refractivity contribution in [3.8, 4) is 0 Å². The Bertz CT molecular complexity index is 1160. The highest BCUT2D eigenvalue weighted by Gasteiger charge is 2.28. The molecule has 0 spiro atoms. The molecule has 1 N–H and O–H groups in total. The Morgan fingerprint density at radius 1 is 1.18 bits per heavy atom. The van der Waals surface area contributed by atoms with Crippen LogP contribution >= 0.6 is 0 Å². The molecule has 0 saturated carbocycles. The number of amides is 1. The second kappa shape index (κ2) is 13.3. The van der Waals surface area contributed by atoms with E-state index in [-0.39, 0.29) is 12.0 Å². The van der Waals surface area contributed by atoms with Gasteiger partial charge in [0.1, 0.15) is 0 Å². The molecule has 2 fully saturated rings. The van der Waals surface area contributed by atoms with Crippen molar-refractivity contribution >= 4 is 28.0 Å². The van der Waals surface area contributed by atoms with Crippen LogP contribution in [0, 0.1) is 5.92 Å². The molecule has 38 heavy (non-hydrogen) atoms. The highest BCUT2D eigenvalue weighted by molar-refractivity contribution is 7.88. The molecule has 0 aliphatic carbocycles. The van der Waals surface area contributed by atoms with E-state index in [9.17, 15) is 13.2 Å². The smallest absolute Gasteiger partial charge is 0.278 e. The Hall–Kier alpha value is -2.86. The van der Waals surface area contributed by atoms with Crippen LogP contribution in [0.2, 0.25) is 0 Å². The zero-order chi connectivity index (χ0) is 27.0. The van der Waals surface area contributed by atoms with Crippen LogP contribution in [-0.4, -0.2) is 73.4 Å². The average molecular weight is 544 g/mol. The molecule has 3 heterocycles. The van der Waals surface area contributed by atoms with Crippen LogP contribution < -0.4 is 10.4 Å². The van der Waals surface area contributed by atoms with E-state index in [4.69, 9.17) is 9.57 Å². The first-order chi connectivity index (χ1) is 18.3. The third kappa shape index (κ3) is 8.07. The minimum Gasteiger partial charge on any atom is -0.350 e. The van der Waals surface area contributed by atoms with E-state index >= 15 is 0 Å². The number of sulfonamides is 1. The number of hydroxylamine groups is 1. The van der Waals surface area contributed by atoms with Crippen LogP contribution in [0.3, 0.4) is 0 Å². The molecule has 0 radical (unpaired) electrons. The standard InChI is InChI=1S/C27H37N5O5S/c1-21(11-12-22-8-4-3-5-9-22)32(38(2,34)35)20-23-13-15-31(16-14-23)27-28-18-24(19-29-27)26(33)30-37-25-10-6-7-17-36-25/h3-5,8-9,11-12,18-19,21,23,25H,6-7,10,13-17,20H2,1-2H3,(H,30,33). The summed E-state index contributed by atoms with van der Waals surface area (Å²) in [5, 5.41) is 0. The lowest BCUT2D eigenvalue weighted by Crippen LogP contribution is -2.44. The Labute approximate surface area is 225 Å². The number of ether oxygens (including phenoxy) is 1. The van der Waals surface area contributed by atoms with E-state index in [1.165, 1.54) is 18.6 Å². The molecule has 11 heteroatoms. The number of nitrogens with one attached hydrogen (secondary N) is 1. The van der Waals surface area contributed by atoms with Gasteiger partial charge in [0.15, 0.2) is 6.29 Å². The number of piperidine rings is 1. The first-order valence-electron chi connectivity index (χ1n) is 13.1. The molecule has 2 atom stereocenters. The summed E-state index contributed by atoms with van der Waals surface area (Å²) in [5.74, 6) is 0.370. The number of benzene rings is 1. The molecule has 2 saturated heterocycles. The molecular formula is C27H37N5O5S. The molecule has 2 aliphatic heterocycles. The number of carbonyl (C=O) groups excluding carboxylic acids is 1. The van der Waals surface area contributed by atoms with Crippen LogP contribution in [0.1, 0.15) is 54.9 Å². The molecule has 2 unspecified atom stereocenters. The van der Waals surface area contributed by atoms with Gasteiger partial charge in [0.2, 0.25) is 16.0 Å². The van der Waals surface area contributed by atoms with Crippen molar-refractivity contribution in [2.45, 2.75) is 51.4 Å². The van der Waals surface area contributed by atoms with Crippen molar-refractivity contribution < 1.29 is 22.8 Å². The zero-order valence-corrected chi connectivity index (χ0v) is 22.8. The third-order valence-corrected chi connectivity index (χ3v) is 8.24. The molecular weight excluding hydrogens is 506 g/mol. The monoisotopic (exact) mass is 543 g/mol. The van der Waals surface area contributed by atoms with Gasteiger partial charge in [-0.1, -0.05) is 42.5 Å². The van der Waals surface area contributed by atoms with Crippen molar-refractivity contribution in [2.24, 2.45) is 5.92 Å². The summed E-state index contributed by atoms with van der Waals surface area (Å²) >= 11 is 0. The highest BCUT2D eigenvalue weighted by atomic mass is 32.2. The molecule has 2 aliphatic rings. The number of nitrogens with zero attached hydrogens (tertiary/aromatic N) is 4. The SMILES string of the molecule is CC(C=Cc1ccccc1)N(CC1CCN(c2ncc(C(=O)NOC3CCCCO3)cn2)CC1)S(C)(=O)=O. The topological polar surface area (TPSA) is 114 Å². The van der Waals surface area contributed by atoms with Crippen LogP contribution in [0.15, 0.2) is 48.8 Å². The number of anilines is 1. The quantitative estimate of drug-likeness (QED) is 0.455. The van der Waals surface area contributed by atoms with E-state index < -0.39 is 22.2 Å². The highest BCUT2D eigenvalue weighted by Crippen LogP contribution is 2.24. The number of aromatic nitrogens is 2. The van der Waals surface area contributed by atoms with E-state index in [2.05, 4.69) is 20.3 Å². The van der Waals surface area contributed by atoms with Crippen LogP contribution in [-0.2, 0) is 19.6 Å². The van der Waals surface area contributed by atoms with Gasteiger partial charge in [-0.2, -0.15) is 4.31 Å². The summed E-state index contributed by atoms with van der Waals surface area (Å²) in [6, 6.07) is 9.60. The minimum absolute atomic E-state index is 0.234. The predicted molar refractivity (Wildman–Crippen MR) is 146 cm³/mol. The maximum atomic E-state index is 12.6. The first-order valence-corrected chi connectivity index (χ1v) is 15.0. The van der Waals surface area contributed by atoms with Crippen molar-refractivity contribution in [3.05, 3.63) is 59.9 Å². The van der Waals surface area contributed by atoms with Gasteiger partial charge in [0.05, 0.1) is 11.8 Å². The minimum atomic E-state index is -3.37. The molecule has 4 rings (SSSR count). The van der Waals surface area contributed by atoms with Gasteiger partial charge in [-0.3, -0.25) is 4.79 Å². The lowest BCUT2D eigenvalue weighted by molar-refractivity contribution is -0.186. The van der Waals surface area contributed by atoms with Gasteiger partial charge in [0.25, 0.3) is 5.91 Å². The van der Waals surface area contributed by atoms with Gasteiger partial charge < -0.3 is 9.64 Å². The normalized spacial score (nSPS) is 20.1. The largest absolute Gasteiger partial charge is 0.350 e. The Kier molecular flexibility index (Phi) is 9.84. The van der Waals surface area contributed by atoms with Gasteiger partial charge in [0, 0.05) is 51.1 Å². The third-order valence-electron chi connectivity index (χ3n) is 6.90. The Morgan fingerprint density at radius 3 is 2.53 bits per heavy atom. The first kappa shape index (κ1) is 28.2. The molecule has 0 bridgehead atoms. The summed E-state index contributed by atoms with van der Waals surface area (Å²) < 4.78 is 32.2. The van der Waals surface area contributed by atoms with Crippen LogP contribution in [0.4, 0.5) is 5.95 Å². The fourth-order valence-electron chi connectivity index (χ4n) is 4.67. The summed E-state index contributed by atoms with van der Waals surface area (Å²) in [6.07, 6.45) is 12.1. The van der Waals surface area contributed by atoms with E-state index in [1.54, 1.807) is 4.31 Å². The summed E-state index contributed by atoms with van der Waals surface area (Å²) in [4.78, 5) is 28.5. The molecule has 10 nitrogen and oxygen atoms in total. The maximum absolute atomic E-state index is 12.6. The zero-order valence-electron chi connectivity index (χ0n) is 22.0. The number of hydrogen-bond donors (Lipinski definition) is 1. The molecule has 2 aromatic rings. The van der Waals surface area contributed by atoms with Crippen LogP contribution in [0.25, 0.3) is 6.08 Å². The summed E-state index contributed by atoms with van der Waals surface area (Å²) in [7, 11) is -3.37. The fraction of sp³-hybridized carbons (Fsp3) is 0.519. The second-order valence-corrected chi connectivity index (χ2v) is 11.8. The van der Waals surface area contributed by atoms with Gasteiger partial charge in [-0.05, 0) is 44.1 Å². The second-order valence-electron chi connectivity index (χ2n) is 9.89. The van der Waals surface area contributed by atoms with Gasteiger partial charge >= 0.3 is 0 Å². The Balaban J connectivity index is 1.27. The Morgan fingerprint density at radius 2 is 1.89 bits per heavy atom. The lowest BCUT2D eigenvalue weighted by atomic mass is 9.96. The predicted octanol–water partition coefficient (Wildman–Crippen LogP) is 3.24. The number of carbonyl (C=O) groups is 1. The molecule has 1 amide bonds. The average Bonchev–Trinajstić information content (AvgIpc) is 2.94. The van der Waals surface area contributed by atoms with E-state index in [1.807, 2.05) is 49.4 Å². The summed E-state index contributed by atoms with van der Waals surface area (Å²) in [6.45, 7) is 4.44. The fourth-order valence-corrected chi connectivity index (χ4v) is 5.82. The van der Waals surface area contributed by atoms with E-state index in [0.717, 1.165) is 37.7 Å². The van der Waals surface area contributed by atoms with Crippen molar-refractivity contribution in [1.29, 1.82) is 0 Å². The van der Waals surface area contributed by atoms with Crippen molar-refractivity contribution in [2.75, 3.05) is 37.4 Å². The molecule has 1 aromatic heterocycles.